The van der Waals surface area contributed by atoms with Gasteiger partial charge in [0.2, 0.25) is 0 Å². The second kappa shape index (κ2) is 6.89. The summed E-state index contributed by atoms with van der Waals surface area (Å²) in [5.41, 5.74) is 3.84. The van der Waals surface area contributed by atoms with Crippen LogP contribution in [0.15, 0.2) is 36.9 Å². The second-order valence-electron chi connectivity index (χ2n) is 7.43. The number of aromatic amines is 1. The van der Waals surface area contributed by atoms with E-state index in [1.165, 1.54) is 29.3 Å². The third-order valence-electron chi connectivity index (χ3n) is 6.28. The number of carbonyl (C=O) groups excluding carboxylic acids is 1. The molecule has 1 saturated heterocycles. The molecule has 2 aliphatic rings. The van der Waals surface area contributed by atoms with Gasteiger partial charge in [-0.15, -0.1) is 6.58 Å². The molecule has 1 aromatic heterocycles. The van der Waals surface area contributed by atoms with E-state index in [0.29, 0.717) is 0 Å². The monoisotopic (exact) mass is 354 g/mol. The van der Waals surface area contributed by atoms with Crippen molar-refractivity contribution in [3.8, 4) is 0 Å². The molecule has 138 valence electrons. The van der Waals surface area contributed by atoms with E-state index in [1.54, 1.807) is 0 Å². The van der Waals surface area contributed by atoms with E-state index in [-0.39, 0.29) is 30.5 Å². The highest BCUT2D eigenvalue weighted by Crippen LogP contribution is 2.45. The molecule has 2 aliphatic heterocycles. The summed E-state index contributed by atoms with van der Waals surface area (Å²) in [5.74, 6) is -0.623. The predicted octanol–water partition coefficient (Wildman–Crippen LogP) is 2.67. The SMILES string of the molecule is C=C[C@H]1CN2CCc3c([nH]c4ccccc34)[C@@H]2C[C@@H]1[C@H](CO)C(=O)OC. The van der Waals surface area contributed by atoms with Crippen LogP contribution in [0, 0.1) is 17.8 Å². The first-order valence-electron chi connectivity index (χ1n) is 9.32. The molecule has 1 aromatic carbocycles. The number of piperidine rings is 1. The minimum absolute atomic E-state index is 0.0311. The third kappa shape index (κ3) is 2.66. The lowest BCUT2D eigenvalue weighted by Gasteiger charge is -2.47. The summed E-state index contributed by atoms with van der Waals surface area (Å²) in [6, 6.07) is 8.68. The lowest BCUT2D eigenvalue weighted by Crippen LogP contribution is -2.48. The number of para-hydroxylation sites is 1. The van der Waals surface area contributed by atoms with Crippen molar-refractivity contribution in [2.45, 2.75) is 18.9 Å². The summed E-state index contributed by atoms with van der Waals surface area (Å²) < 4.78 is 4.95. The van der Waals surface area contributed by atoms with Crippen molar-refractivity contribution in [3.05, 3.63) is 48.2 Å². The molecule has 0 bridgehead atoms. The van der Waals surface area contributed by atoms with E-state index >= 15 is 0 Å². The molecule has 1 fully saturated rings. The Balaban J connectivity index is 1.71. The third-order valence-corrected chi connectivity index (χ3v) is 6.28. The van der Waals surface area contributed by atoms with Gasteiger partial charge in [-0.2, -0.15) is 0 Å². The fraction of sp³-hybridized carbons (Fsp3) is 0.476. The standard InChI is InChI=1S/C21H26N2O3/c1-3-13-11-23-9-8-15-14-6-4-5-7-18(14)22-20(15)19(23)10-16(13)17(12-24)21(25)26-2/h3-7,13,16-17,19,22,24H,1,8-12H2,2H3/t13-,16-,17-,19-/m0/s1. The van der Waals surface area contributed by atoms with Crippen LogP contribution in [0.25, 0.3) is 10.9 Å². The Labute approximate surface area is 153 Å². The van der Waals surface area contributed by atoms with Gasteiger partial charge in [0, 0.05) is 29.7 Å². The van der Waals surface area contributed by atoms with Crippen LogP contribution >= 0.6 is 0 Å². The topological polar surface area (TPSA) is 65.6 Å². The zero-order valence-electron chi connectivity index (χ0n) is 15.1. The molecule has 4 rings (SSSR count). The molecule has 0 unspecified atom stereocenters. The number of rotatable bonds is 4. The maximum Gasteiger partial charge on any atom is 0.311 e. The first kappa shape index (κ1) is 17.3. The van der Waals surface area contributed by atoms with Gasteiger partial charge in [-0.05, 0) is 36.3 Å². The van der Waals surface area contributed by atoms with Crippen LogP contribution in [0.3, 0.4) is 0 Å². The highest BCUT2D eigenvalue weighted by Gasteiger charge is 2.43. The molecular formula is C21H26N2O3. The molecule has 5 nitrogen and oxygen atoms in total. The van der Waals surface area contributed by atoms with Gasteiger partial charge in [0.25, 0.3) is 0 Å². The quantitative estimate of drug-likeness (QED) is 0.654. The second-order valence-corrected chi connectivity index (χ2v) is 7.43. The van der Waals surface area contributed by atoms with Gasteiger partial charge >= 0.3 is 5.97 Å². The number of H-pyrrole nitrogens is 1. The molecule has 0 saturated carbocycles. The number of aliphatic hydroxyl groups is 1. The predicted molar refractivity (Wildman–Crippen MR) is 101 cm³/mol. The molecular weight excluding hydrogens is 328 g/mol. The minimum Gasteiger partial charge on any atom is -0.469 e. The van der Waals surface area contributed by atoms with Crippen molar-refractivity contribution in [2.75, 3.05) is 26.8 Å². The lowest BCUT2D eigenvalue weighted by molar-refractivity contribution is -0.151. The first-order valence-corrected chi connectivity index (χ1v) is 9.32. The van der Waals surface area contributed by atoms with Gasteiger partial charge in [-0.3, -0.25) is 9.69 Å². The number of esters is 1. The van der Waals surface area contributed by atoms with Crippen LogP contribution in [0.4, 0.5) is 0 Å². The van der Waals surface area contributed by atoms with Gasteiger partial charge in [-0.25, -0.2) is 0 Å². The number of hydrogen-bond donors (Lipinski definition) is 2. The van der Waals surface area contributed by atoms with E-state index in [4.69, 9.17) is 4.74 Å². The zero-order chi connectivity index (χ0) is 18.3. The molecule has 2 N–H and O–H groups in total. The van der Waals surface area contributed by atoms with E-state index in [1.807, 2.05) is 6.08 Å². The molecule has 0 spiro atoms. The fourth-order valence-electron chi connectivity index (χ4n) is 4.94. The van der Waals surface area contributed by atoms with E-state index in [9.17, 15) is 9.90 Å². The molecule has 26 heavy (non-hydrogen) atoms. The van der Waals surface area contributed by atoms with Gasteiger partial charge in [0.1, 0.15) is 0 Å². The smallest absolute Gasteiger partial charge is 0.311 e. The minimum atomic E-state index is -0.500. The maximum atomic E-state index is 12.2. The summed E-state index contributed by atoms with van der Waals surface area (Å²) in [6.45, 7) is 5.67. The highest BCUT2D eigenvalue weighted by atomic mass is 16.5. The van der Waals surface area contributed by atoms with Gasteiger partial charge < -0.3 is 14.8 Å². The Kier molecular flexibility index (Phi) is 4.59. The zero-order valence-corrected chi connectivity index (χ0v) is 15.1. The number of methoxy groups -OCH3 is 1. The molecule has 5 heteroatoms. The molecule has 0 radical (unpaired) electrons. The van der Waals surface area contributed by atoms with Crippen molar-refractivity contribution < 1.29 is 14.6 Å². The fourth-order valence-corrected chi connectivity index (χ4v) is 4.94. The molecule has 3 heterocycles. The molecule has 0 amide bonds. The molecule has 2 aromatic rings. The van der Waals surface area contributed by atoms with Crippen molar-refractivity contribution in [1.29, 1.82) is 0 Å². The van der Waals surface area contributed by atoms with Crippen molar-refractivity contribution in [2.24, 2.45) is 17.8 Å². The summed E-state index contributed by atoms with van der Waals surface area (Å²) in [7, 11) is 1.39. The normalized spacial score (nSPS) is 26.8. The number of aromatic nitrogens is 1. The van der Waals surface area contributed by atoms with Crippen LogP contribution in [0.2, 0.25) is 0 Å². The van der Waals surface area contributed by atoms with Crippen LogP contribution in [0.1, 0.15) is 23.7 Å². The number of aliphatic hydroxyl groups excluding tert-OH is 1. The number of ether oxygens (including phenoxy) is 1. The van der Waals surface area contributed by atoms with E-state index in [0.717, 1.165) is 25.9 Å². The number of benzene rings is 1. The average Bonchev–Trinajstić information content (AvgIpc) is 3.07. The number of hydrogen-bond acceptors (Lipinski definition) is 4. The van der Waals surface area contributed by atoms with Crippen molar-refractivity contribution in [3.63, 3.8) is 0 Å². The van der Waals surface area contributed by atoms with E-state index < -0.39 is 5.92 Å². The van der Waals surface area contributed by atoms with Gasteiger partial charge in [-0.1, -0.05) is 24.3 Å². The Morgan fingerprint density at radius 3 is 3.04 bits per heavy atom. The molecule has 0 aliphatic carbocycles. The number of carbonyl (C=O) groups is 1. The largest absolute Gasteiger partial charge is 0.469 e. The van der Waals surface area contributed by atoms with Crippen LogP contribution < -0.4 is 0 Å². The number of fused-ring (bicyclic) bond motifs is 5. The molecule has 4 atom stereocenters. The van der Waals surface area contributed by atoms with Crippen molar-refractivity contribution >= 4 is 16.9 Å². The Bertz CT molecular complexity index is 828. The maximum absolute atomic E-state index is 12.2. The Morgan fingerprint density at radius 2 is 2.31 bits per heavy atom. The van der Waals surface area contributed by atoms with Gasteiger partial charge in [0.15, 0.2) is 0 Å². The Morgan fingerprint density at radius 1 is 1.50 bits per heavy atom. The average molecular weight is 354 g/mol. The summed E-state index contributed by atoms with van der Waals surface area (Å²) >= 11 is 0. The van der Waals surface area contributed by atoms with Crippen LogP contribution in [-0.2, 0) is 16.0 Å². The Hall–Kier alpha value is -2.11. The summed E-state index contributed by atoms with van der Waals surface area (Å²) in [4.78, 5) is 18.3. The van der Waals surface area contributed by atoms with Crippen LogP contribution in [-0.4, -0.2) is 47.8 Å². The van der Waals surface area contributed by atoms with Crippen molar-refractivity contribution in [1.82, 2.24) is 9.88 Å². The van der Waals surface area contributed by atoms with Crippen LogP contribution in [0.5, 0.6) is 0 Å². The summed E-state index contributed by atoms with van der Waals surface area (Å²) in [5, 5.41) is 11.1. The first-order chi connectivity index (χ1) is 12.7. The summed E-state index contributed by atoms with van der Waals surface area (Å²) in [6.07, 6.45) is 3.79. The number of nitrogens with zero attached hydrogens (tertiary/aromatic N) is 1. The number of nitrogens with one attached hydrogen (secondary N) is 1. The highest BCUT2D eigenvalue weighted by molar-refractivity contribution is 5.85. The van der Waals surface area contributed by atoms with E-state index in [2.05, 4.69) is 40.7 Å². The van der Waals surface area contributed by atoms with Gasteiger partial charge in [0.05, 0.1) is 25.7 Å². The lowest BCUT2D eigenvalue weighted by atomic mass is 9.72.